The highest BCUT2D eigenvalue weighted by Gasteiger charge is 2.32. The fraction of sp³-hybridized carbons (Fsp3) is 0.391. The van der Waals surface area contributed by atoms with Crippen LogP contribution in [0.15, 0.2) is 42.5 Å². The minimum absolute atomic E-state index is 0.0238. The number of anilines is 1. The van der Waals surface area contributed by atoms with Crippen LogP contribution in [0.4, 0.5) is 10.1 Å². The first-order chi connectivity index (χ1) is 15.8. The Kier molecular flexibility index (Phi) is 9.73. The van der Waals surface area contributed by atoms with Crippen LogP contribution < -0.4 is 9.62 Å². The van der Waals surface area contributed by atoms with Gasteiger partial charge in [0.15, 0.2) is 0 Å². The molecule has 2 aromatic carbocycles. The van der Waals surface area contributed by atoms with Crippen molar-refractivity contribution in [3.63, 3.8) is 0 Å². The number of halogens is 3. The van der Waals surface area contributed by atoms with Crippen molar-refractivity contribution in [2.45, 2.75) is 45.8 Å². The fourth-order valence-corrected chi connectivity index (χ4v) is 4.65. The van der Waals surface area contributed by atoms with E-state index >= 15 is 0 Å². The Balaban J connectivity index is 2.48. The number of amides is 2. The van der Waals surface area contributed by atoms with Crippen LogP contribution >= 0.6 is 23.2 Å². The third-order valence-corrected chi connectivity index (χ3v) is 6.62. The van der Waals surface area contributed by atoms with E-state index in [2.05, 4.69) is 5.32 Å². The summed E-state index contributed by atoms with van der Waals surface area (Å²) in [6.07, 6.45) is 1.23. The van der Waals surface area contributed by atoms with Gasteiger partial charge in [0, 0.05) is 17.6 Å². The van der Waals surface area contributed by atoms with E-state index in [1.807, 2.05) is 0 Å². The number of nitrogens with one attached hydrogen (secondary N) is 1. The molecule has 0 fully saturated rings. The Bertz CT molecular complexity index is 1130. The van der Waals surface area contributed by atoms with Crippen LogP contribution in [-0.2, 0) is 26.2 Å². The fourth-order valence-electron chi connectivity index (χ4n) is 3.36. The van der Waals surface area contributed by atoms with Gasteiger partial charge in [0.1, 0.15) is 18.4 Å². The lowest BCUT2D eigenvalue weighted by Crippen LogP contribution is -2.53. The number of rotatable bonds is 10. The van der Waals surface area contributed by atoms with Crippen molar-refractivity contribution in [2.75, 3.05) is 17.1 Å². The van der Waals surface area contributed by atoms with E-state index in [-0.39, 0.29) is 40.6 Å². The van der Waals surface area contributed by atoms with E-state index in [0.29, 0.717) is 5.56 Å². The first-order valence-electron chi connectivity index (χ1n) is 10.6. The molecule has 0 unspecified atom stereocenters. The SMILES string of the molecule is CC[C@H](C(=O)NC(C)C)N(Cc1ccc(F)cc1)C(=O)CN(c1cc(Cl)ccc1Cl)S(C)(=O)=O. The van der Waals surface area contributed by atoms with Gasteiger partial charge >= 0.3 is 0 Å². The van der Waals surface area contributed by atoms with Crippen molar-refractivity contribution in [3.8, 4) is 0 Å². The molecule has 0 aliphatic carbocycles. The van der Waals surface area contributed by atoms with E-state index in [0.717, 1.165) is 10.6 Å². The maximum atomic E-state index is 13.5. The van der Waals surface area contributed by atoms with E-state index in [1.54, 1.807) is 20.8 Å². The number of sulfonamides is 1. The van der Waals surface area contributed by atoms with E-state index in [1.165, 1.54) is 47.4 Å². The first-order valence-corrected chi connectivity index (χ1v) is 13.2. The summed E-state index contributed by atoms with van der Waals surface area (Å²) in [4.78, 5) is 27.7. The molecule has 7 nitrogen and oxygen atoms in total. The summed E-state index contributed by atoms with van der Waals surface area (Å²) in [5.74, 6) is -1.44. The minimum atomic E-state index is -3.94. The third-order valence-electron chi connectivity index (χ3n) is 4.94. The molecule has 0 aromatic heterocycles. The van der Waals surface area contributed by atoms with Crippen molar-refractivity contribution in [3.05, 3.63) is 63.9 Å². The number of hydrogen-bond acceptors (Lipinski definition) is 4. The Labute approximate surface area is 209 Å². The maximum Gasteiger partial charge on any atom is 0.244 e. The molecule has 0 aliphatic rings. The average Bonchev–Trinajstić information content (AvgIpc) is 2.73. The van der Waals surface area contributed by atoms with Crippen LogP contribution in [0.5, 0.6) is 0 Å². The smallest absolute Gasteiger partial charge is 0.244 e. The minimum Gasteiger partial charge on any atom is -0.352 e. The Morgan fingerprint density at radius 3 is 2.24 bits per heavy atom. The molecule has 0 spiro atoms. The van der Waals surface area contributed by atoms with Crippen molar-refractivity contribution >= 4 is 50.7 Å². The summed E-state index contributed by atoms with van der Waals surface area (Å²) >= 11 is 12.2. The summed E-state index contributed by atoms with van der Waals surface area (Å²) in [6, 6.07) is 8.76. The number of hydrogen-bond donors (Lipinski definition) is 1. The van der Waals surface area contributed by atoms with Crippen molar-refractivity contribution in [1.29, 1.82) is 0 Å². The zero-order valence-electron chi connectivity index (χ0n) is 19.4. The summed E-state index contributed by atoms with van der Waals surface area (Å²) in [6.45, 7) is 4.71. The molecule has 0 saturated heterocycles. The summed E-state index contributed by atoms with van der Waals surface area (Å²) < 4.78 is 39.5. The monoisotopic (exact) mass is 531 g/mol. The lowest BCUT2D eigenvalue weighted by Gasteiger charge is -2.33. The Morgan fingerprint density at radius 2 is 1.71 bits per heavy atom. The van der Waals surface area contributed by atoms with Crippen LogP contribution in [0.3, 0.4) is 0 Å². The lowest BCUT2D eigenvalue weighted by atomic mass is 10.1. The van der Waals surface area contributed by atoms with E-state index in [4.69, 9.17) is 23.2 Å². The number of benzene rings is 2. The van der Waals surface area contributed by atoms with Gasteiger partial charge in [-0.2, -0.15) is 0 Å². The van der Waals surface area contributed by atoms with E-state index in [9.17, 15) is 22.4 Å². The highest BCUT2D eigenvalue weighted by atomic mass is 35.5. The van der Waals surface area contributed by atoms with Crippen LogP contribution in [-0.4, -0.2) is 50.0 Å². The molecule has 0 radical (unpaired) electrons. The maximum absolute atomic E-state index is 13.5. The molecule has 34 heavy (non-hydrogen) atoms. The highest BCUT2D eigenvalue weighted by molar-refractivity contribution is 7.92. The van der Waals surface area contributed by atoms with Crippen molar-refractivity contribution < 1.29 is 22.4 Å². The predicted octanol–water partition coefficient (Wildman–Crippen LogP) is 4.23. The Hall–Kier alpha value is -2.36. The molecule has 0 saturated carbocycles. The second-order valence-corrected chi connectivity index (χ2v) is 10.9. The van der Waals surface area contributed by atoms with Gasteiger partial charge in [0.05, 0.1) is 17.0 Å². The molecule has 0 heterocycles. The van der Waals surface area contributed by atoms with Gasteiger partial charge in [-0.3, -0.25) is 13.9 Å². The van der Waals surface area contributed by atoms with Crippen molar-refractivity contribution in [2.24, 2.45) is 0 Å². The topological polar surface area (TPSA) is 86.8 Å². The molecular formula is C23H28Cl2FN3O4S. The summed E-state index contributed by atoms with van der Waals surface area (Å²) in [5, 5.41) is 3.13. The van der Waals surface area contributed by atoms with Crippen LogP contribution in [0.1, 0.15) is 32.8 Å². The summed E-state index contributed by atoms with van der Waals surface area (Å²) in [5.41, 5.74) is 0.628. The van der Waals surface area contributed by atoms with Crippen LogP contribution in [0.25, 0.3) is 0 Å². The number of carbonyl (C=O) groups excluding carboxylic acids is 2. The Morgan fingerprint density at radius 1 is 1.09 bits per heavy atom. The van der Waals surface area contributed by atoms with Gasteiger partial charge in [0.25, 0.3) is 0 Å². The standard InChI is InChI=1S/C23H28Cl2FN3O4S/c1-5-20(23(31)27-15(2)3)28(13-16-6-9-18(26)10-7-16)22(30)14-29(34(4,32)33)21-12-17(24)8-11-19(21)25/h6-12,15,20H,5,13-14H2,1-4H3,(H,27,31)/t20-/m1/s1. The quantitative estimate of drug-likeness (QED) is 0.496. The molecule has 2 rings (SSSR count). The molecule has 1 N–H and O–H groups in total. The molecule has 11 heteroatoms. The zero-order chi connectivity index (χ0) is 25.6. The normalized spacial score (nSPS) is 12.4. The molecule has 1 atom stereocenters. The van der Waals surface area contributed by atoms with Crippen LogP contribution in [0.2, 0.25) is 10.0 Å². The lowest BCUT2D eigenvalue weighted by molar-refractivity contribution is -0.140. The molecular weight excluding hydrogens is 504 g/mol. The molecule has 0 bridgehead atoms. The van der Waals surface area contributed by atoms with Gasteiger partial charge in [-0.05, 0) is 56.2 Å². The summed E-state index contributed by atoms with van der Waals surface area (Å²) in [7, 11) is -3.94. The third kappa shape index (κ3) is 7.58. The number of nitrogens with zero attached hydrogens (tertiary/aromatic N) is 2. The molecule has 2 aromatic rings. The van der Waals surface area contributed by atoms with Gasteiger partial charge in [-0.25, -0.2) is 12.8 Å². The van der Waals surface area contributed by atoms with Gasteiger partial charge in [0.2, 0.25) is 21.8 Å². The molecule has 186 valence electrons. The number of carbonyl (C=O) groups is 2. The first kappa shape index (κ1) is 27.9. The average molecular weight is 532 g/mol. The second kappa shape index (κ2) is 11.9. The van der Waals surface area contributed by atoms with E-state index < -0.39 is 34.3 Å². The van der Waals surface area contributed by atoms with Crippen LogP contribution in [0, 0.1) is 5.82 Å². The highest BCUT2D eigenvalue weighted by Crippen LogP contribution is 2.31. The molecule has 0 aliphatic heterocycles. The molecule has 2 amide bonds. The van der Waals surface area contributed by atoms with Gasteiger partial charge < -0.3 is 10.2 Å². The largest absolute Gasteiger partial charge is 0.352 e. The van der Waals surface area contributed by atoms with Gasteiger partial charge in [-0.1, -0.05) is 42.3 Å². The zero-order valence-corrected chi connectivity index (χ0v) is 21.7. The van der Waals surface area contributed by atoms with Crippen molar-refractivity contribution in [1.82, 2.24) is 10.2 Å². The van der Waals surface area contributed by atoms with Gasteiger partial charge in [-0.15, -0.1) is 0 Å². The predicted molar refractivity (Wildman–Crippen MR) is 133 cm³/mol. The second-order valence-electron chi connectivity index (χ2n) is 8.10.